The van der Waals surface area contributed by atoms with Gasteiger partial charge in [0.25, 0.3) is 5.56 Å². The smallest absolute Gasteiger partial charge is 0.261 e. The zero-order valence-corrected chi connectivity index (χ0v) is 13.5. The monoisotopic (exact) mass is 345 g/mol. The summed E-state index contributed by atoms with van der Waals surface area (Å²) in [7, 11) is 0. The second kappa shape index (κ2) is 7.29. The Morgan fingerprint density at radius 2 is 2.00 bits per heavy atom. The molecule has 0 aliphatic rings. The standard InChI is InChI=1S/C19H12FN5O/c20-17-4-2-1-3-14(17)11-25-12-24-18-7-15(5-6-16(18)19(25)26)23-10-13(8-21)9-22/h1-7,10,12,23H,11H2. The molecule has 0 saturated carbocycles. The fourth-order valence-electron chi connectivity index (χ4n) is 2.42. The summed E-state index contributed by atoms with van der Waals surface area (Å²) in [5.74, 6) is -0.378. The summed E-state index contributed by atoms with van der Waals surface area (Å²) in [4.78, 5) is 16.8. The van der Waals surface area contributed by atoms with Gasteiger partial charge in [-0.15, -0.1) is 0 Å². The molecule has 126 valence electrons. The molecule has 26 heavy (non-hydrogen) atoms. The first-order valence-electron chi connectivity index (χ1n) is 7.62. The number of nitriles is 2. The maximum Gasteiger partial charge on any atom is 0.261 e. The van der Waals surface area contributed by atoms with E-state index in [0.29, 0.717) is 22.2 Å². The van der Waals surface area contributed by atoms with Crippen molar-refractivity contribution in [3.05, 3.63) is 82.3 Å². The number of rotatable bonds is 4. The summed E-state index contributed by atoms with van der Waals surface area (Å²) in [6.45, 7) is 0.0882. The molecule has 7 heteroatoms. The molecule has 0 saturated heterocycles. The zero-order valence-electron chi connectivity index (χ0n) is 13.5. The molecular weight excluding hydrogens is 333 g/mol. The third-order valence-corrected chi connectivity index (χ3v) is 3.75. The van der Waals surface area contributed by atoms with E-state index in [1.807, 2.05) is 0 Å². The number of nitrogens with zero attached hydrogens (tertiary/aromatic N) is 4. The minimum atomic E-state index is -0.378. The number of aromatic nitrogens is 2. The normalized spacial score (nSPS) is 9.96. The highest BCUT2D eigenvalue weighted by molar-refractivity contribution is 5.81. The predicted octanol–water partition coefficient (Wildman–Crippen LogP) is 2.93. The lowest BCUT2D eigenvalue weighted by Crippen LogP contribution is -2.21. The van der Waals surface area contributed by atoms with E-state index >= 15 is 0 Å². The molecule has 0 atom stereocenters. The average molecular weight is 345 g/mol. The Morgan fingerprint density at radius 1 is 1.23 bits per heavy atom. The van der Waals surface area contributed by atoms with Crippen molar-refractivity contribution in [1.29, 1.82) is 10.5 Å². The van der Waals surface area contributed by atoms with Crippen molar-refractivity contribution in [2.24, 2.45) is 0 Å². The molecule has 0 unspecified atom stereocenters. The average Bonchev–Trinajstić information content (AvgIpc) is 2.66. The Hall–Kier alpha value is -3.97. The van der Waals surface area contributed by atoms with Gasteiger partial charge in [0.2, 0.25) is 0 Å². The van der Waals surface area contributed by atoms with Crippen molar-refractivity contribution >= 4 is 16.6 Å². The van der Waals surface area contributed by atoms with Gasteiger partial charge in [-0.25, -0.2) is 9.37 Å². The largest absolute Gasteiger partial charge is 0.360 e. The number of allylic oxidation sites excluding steroid dienone is 1. The van der Waals surface area contributed by atoms with Crippen LogP contribution in [0.4, 0.5) is 10.1 Å². The summed E-state index contributed by atoms with van der Waals surface area (Å²) in [6, 6.07) is 14.6. The molecule has 6 nitrogen and oxygen atoms in total. The molecule has 0 aliphatic carbocycles. The summed E-state index contributed by atoms with van der Waals surface area (Å²) < 4.78 is 15.1. The van der Waals surface area contributed by atoms with Crippen molar-refractivity contribution in [3.63, 3.8) is 0 Å². The van der Waals surface area contributed by atoms with Crippen LogP contribution in [0.2, 0.25) is 0 Å². The van der Waals surface area contributed by atoms with E-state index in [1.54, 1.807) is 48.5 Å². The van der Waals surface area contributed by atoms with Gasteiger partial charge < -0.3 is 5.32 Å². The maximum absolute atomic E-state index is 13.8. The minimum absolute atomic E-state index is 0.0710. The fourth-order valence-corrected chi connectivity index (χ4v) is 2.42. The van der Waals surface area contributed by atoms with E-state index in [4.69, 9.17) is 10.5 Å². The number of hydrogen-bond donors (Lipinski definition) is 1. The highest BCUT2D eigenvalue weighted by Gasteiger charge is 2.08. The van der Waals surface area contributed by atoms with Crippen LogP contribution >= 0.6 is 0 Å². The summed E-state index contributed by atoms with van der Waals surface area (Å²) in [5, 5.41) is 20.6. The van der Waals surface area contributed by atoms with E-state index in [9.17, 15) is 9.18 Å². The molecular formula is C19H12FN5O. The molecule has 0 fully saturated rings. The van der Waals surface area contributed by atoms with Gasteiger partial charge in [-0.3, -0.25) is 9.36 Å². The number of nitrogens with one attached hydrogen (secondary N) is 1. The molecule has 0 aliphatic heterocycles. The van der Waals surface area contributed by atoms with Gasteiger partial charge in [-0.1, -0.05) is 18.2 Å². The number of benzene rings is 2. The van der Waals surface area contributed by atoms with Crippen LogP contribution in [0.1, 0.15) is 5.56 Å². The molecule has 2 aromatic carbocycles. The van der Waals surface area contributed by atoms with Gasteiger partial charge in [-0.2, -0.15) is 10.5 Å². The van der Waals surface area contributed by atoms with Crippen LogP contribution in [0, 0.1) is 28.5 Å². The molecule has 3 aromatic rings. The second-order valence-electron chi connectivity index (χ2n) is 5.43. The molecule has 0 bridgehead atoms. The van der Waals surface area contributed by atoms with Gasteiger partial charge in [0.1, 0.15) is 23.5 Å². The second-order valence-corrected chi connectivity index (χ2v) is 5.43. The SMILES string of the molecule is N#CC(C#N)=CNc1ccc2c(=O)n(Cc3ccccc3F)cnc2c1. The van der Waals surface area contributed by atoms with Crippen molar-refractivity contribution in [2.45, 2.75) is 6.54 Å². The number of fused-ring (bicyclic) bond motifs is 1. The highest BCUT2D eigenvalue weighted by Crippen LogP contribution is 2.15. The Bertz CT molecular complexity index is 1140. The molecule has 1 N–H and O–H groups in total. The summed E-state index contributed by atoms with van der Waals surface area (Å²) in [6.07, 6.45) is 2.65. The predicted molar refractivity (Wildman–Crippen MR) is 94.4 cm³/mol. The fraction of sp³-hybridized carbons (Fsp3) is 0.0526. The third kappa shape index (κ3) is 3.42. The van der Waals surface area contributed by atoms with Crippen molar-refractivity contribution in [3.8, 4) is 12.1 Å². The molecule has 1 heterocycles. The van der Waals surface area contributed by atoms with Crippen LogP contribution < -0.4 is 10.9 Å². The van der Waals surface area contributed by atoms with Crippen LogP contribution in [-0.2, 0) is 6.54 Å². The molecule has 0 amide bonds. The first kappa shape index (κ1) is 16.9. The van der Waals surface area contributed by atoms with Crippen LogP contribution in [-0.4, -0.2) is 9.55 Å². The Morgan fingerprint density at radius 3 is 2.73 bits per heavy atom. The number of hydrogen-bond acceptors (Lipinski definition) is 5. The van der Waals surface area contributed by atoms with Crippen LogP contribution in [0.25, 0.3) is 10.9 Å². The van der Waals surface area contributed by atoms with Crippen molar-refractivity contribution < 1.29 is 4.39 Å². The lowest BCUT2D eigenvalue weighted by molar-refractivity contribution is 0.595. The lowest BCUT2D eigenvalue weighted by Gasteiger charge is -2.08. The molecule has 0 spiro atoms. The maximum atomic E-state index is 13.8. The van der Waals surface area contributed by atoms with Gasteiger partial charge >= 0.3 is 0 Å². The van der Waals surface area contributed by atoms with E-state index in [-0.39, 0.29) is 23.5 Å². The van der Waals surface area contributed by atoms with Crippen molar-refractivity contribution in [2.75, 3.05) is 5.32 Å². The van der Waals surface area contributed by atoms with E-state index in [0.717, 1.165) is 0 Å². The molecule has 0 radical (unpaired) electrons. The lowest BCUT2D eigenvalue weighted by atomic mass is 10.2. The molecule has 1 aromatic heterocycles. The topological polar surface area (TPSA) is 94.5 Å². The Labute approximate surface area is 148 Å². The zero-order chi connectivity index (χ0) is 18.5. The quantitative estimate of drug-likeness (QED) is 0.734. The highest BCUT2D eigenvalue weighted by atomic mass is 19.1. The van der Waals surface area contributed by atoms with Gasteiger partial charge in [0, 0.05) is 17.5 Å². The minimum Gasteiger partial charge on any atom is -0.360 e. The Kier molecular flexibility index (Phi) is 4.73. The Balaban J connectivity index is 1.93. The van der Waals surface area contributed by atoms with Crippen LogP contribution in [0.5, 0.6) is 0 Å². The van der Waals surface area contributed by atoms with E-state index in [1.165, 1.54) is 23.2 Å². The molecule has 3 rings (SSSR count). The van der Waals surface area contributed by atoms with Crippen molar-refractivity contribution in [1.82, 2.24) is 9.55 Å². The third-order valence-electron chi connectivity index (χ3n) is 3.75. The van der Waals surface area contributed by atoms with Crippen LogP contribution in [0.3, 0.4) is 0 Å². The van der Waals surface area contributed by atoms with Gasteiger partial charge in [-0.05, 0) is 24.3 Å². The number of anilines is 1. The summed E-state index contributed by atoms with van der Waals surface area (Å²) in [5.41, 5.74) is 1.08. The van der Waals surface area contributed by atoms with E-state index in [2.05, 4.69) is 10.3 Å². The van der Waals surface area contributed by atoms with Crippen LogP contribution in [0.15, 0.2) is 65.4 Å². The summed E-state index contributed by atoms with van der Waals surface area (Å²) >= 11 is 0. The van der Waals surface area contributed by atoms with Gasteiger partial charge in [0.15, 0.2) is 0 Å². The van der Waals surface area contributed by atoms with Gasteiger partial charge in [0.05, 0.1) is 23.8 Å². The number of halogens is 1. The first-order chi connectivity index (χ1) is 12.6. The van der Waals surface area contributed by atoms with E-state index < -0.39 is 0 Å². The first-order valence-corrected chi connectivity index (χ1v) is 7.62.